The third-order valence-electron chi connectivity index (χ3n) is 5.73. The van der Waals surface area contributed by atoms with Gasteiger partial charge < -0.3 is 14.3 Å². The fraction of sp³-hybridized carbons (Fsp3) is 0.160. The predicted molar refractivity (Wildman–Crippen MR) is 125 cm³/mol. The van der Waals surface area contributed by atoms with Crippen LogP contribution in [0, 0.1) is 13.8 Å². The minimum Gasteiger partial charge on any atom is -0.503 e. The van der Waals surface area contributed by atoms with Crippen LogP contribution < -0.4 is 9.64 Å². The molecule has 5 rings (SSSR count). The zero-order valence-corrected chi connectivity index (χ0v) is 19.0. The molecular weight excluding hydrogens is 440 g/mol. The van der Waals surface area contributed by atoms with Crippen molar-refractivity contribution in [2.45, 2.75) is 19.9 Å². The van der Waals surface area contributed by atoms with Crippen molar-refractivity contribution in [1.82, 2.24) is 4.98 Å². The van der Waals surface area contributed by atoms with Gasteiger partial charge in [-0.3, -0.25) is 14.5 Å². The second-order valence-electron chi connectivity index (χ2n) is 7.73. The molecule has 166 valence electrons. The predicted octanol–water partition coefficient (Wildman–Crippen LogP) is 5.30. The van der Waals surface area contributed by atoms with E-state index in [9.17, 15) is 14.7 Å². The second kappa shape index (κ2) is 7.90. The topological polar surface area (TPSA) is 92.9 Å². The van der Waals surface area contributed by atoms with Crippen LogP contribution in [0.4, 0.5) is 5.13 Å². The molecule has 1 N–H and O–H groups in total. The number of aryl methyl sites for hydroxylation is 2. The molecule has 1 amide bonds. The van der Waals surface area contributed by atoms with Crippen LogP contribution in [0.25, 0.3) is 11.0 Å². The normalized spacial score (nSPS) is 16.2. The highest BCUT2D eigenvalue weighted by Crippen LogP contribution is 2.44. The zero-order chi connectivity index (χ0) is 23.3. The van der Waals surface area contributed by atoms with Gasteiger partial charge in [0.1, 0.15) is 11.3 Å². The summed E-state index contributed by atoms with van der Waals surface area (Å²) in [5.74, 6) is -1.24. The first-order valence-electron chi connectivity index (χ1n) is 10.3. The van der Waals surface area contributed by atoms with Crippen LogP contribution >= 0.6 is 11.3 Å². The van der Waals surface area contributed by atoms with Gasteiger partial charge in [-0.15, -0.1) is 11.3 Å². The number of para-hydroxylation sites is 1. The number of thiazole rings is 1. The van der Waals surface area contributed by atoms with Crippen LogP contribution in [0.2, 0.25) is 0 Å². The molecule has 1 aliphatic heterocycles. The molecular formula is C25H20N2O5S. The van der Waals surface area contributed by atoms with E-state index in [1.54, 1.807) is 36.4 Å². The Kier molecular flexibility index (Phi) is 5.02. The first-order valence-corrected chi connectivity index (χ1v) is 11.1. The van der Waals surface area contributed by atoms with Gasteiger partial charge in [-0.1, -0.05) is 30.3 Å². The lowest BCUT2D eigenvalue weighted by molar-refractivity contribution is -0.117. The van der Waals surface area contributed by atoms with E-state index in [0.29, 0.717) is 22.0 Å². The van der Waals surface area contributed by atoms with Crippen LogP contribution in [-0.2, 0) is 4.79 Å². The maximum absolute atomic E-state index is 13.6. The number of amides is 1. The van der Waals surface area contributed by atoms with Crippen molar-refractivity contribution in [1.29, 1.82) is 0 Å². The highest BCUT2D eigenvalue weighted by atomic mass is 32.1. The maximum Gasteiger partial charge on any atom is 0.296 e. The van der Waals surface area contributed by atoms with Crippen molar-refractivity contribution in [3.63, 3.8) is 0 Å². The van der Waals surface area contributed by atoms with Crippen LogP contribution in [0.1, 0.15) is 32.7 Å². The number of carbonyl (C=O) groups is 2. The van der Waals surface area contributed by atoms with Gasteiger partial charge in [-0.25, -0.2) is 4.98 Å². The number of fused-ring (bicyclic) bond motifs is 1. The third-order valence-corrected chi connectivity index (χ3v) is 6.81. The lowest BCUT2D eigenvalue weighted by Crippen LogP contribution is -2.31. The Morgan fingerprint density at radius 2 is 1.94 bits per heavy atom. The molecule has 0 bridgehead atoms. The number of hydrogen-bond acceptors (Lipinski definition) is 7. The Hall–Kier alpha value is -3.91. The summed E-state index contributed by atoms with van der Waals surface area (Å²) >= 11 is 1.33. The molecule has 4 aromatic rings. The summed E-state index contributed by atoms with van der Waals surface area (Å²) in [4.78, 5) is 33.7. The van der Waals surface area contributed by atoms with E-state index in [2.05, 4.69) is 4.98 Å². The van der Waals surface area contributed by atoms with Gasteiger partial charge in [-0.2, -0.15) is 0 Å². The number of carbonyl (C=O) groups excluding carboxylic acids is 2. The molecule has 0 fully saturated rings. The van der Waals surface area contributed by atoms with Gasteiger partial charge in [0.2, 0.25) is 5.78 Å². The fourth-order valence-corrected chi connectivity index (χ4v) is 4.88. The highest BCUT2D eigenvalue weighted by molar-refractivity contribution is 7.15. The molecule has 0 aliphatic carbocycles. The highest BCUT2D eigenvalue weighted by Gasteiger charge is 2.46. The van der Waals surface area contributed by atoms with E-state index < -0.39 is 23.5 Å². The SMILES string of the molecule is COc1cccc(C2C(C(=O)c3cc4ccccc4o3)=C(O)C(=O)N2c2nc(C)c(C)s2)c1. The van der Waals surface area contributed by atoms with Crippen LogP contribution in [0.5, 0.6) is 5.75 Å². The van der Waals surface area contributed by atoms with Crippen molar-refractivity contribution in [3.8, 4) is 5.75 Å². The lowest BCUT2D eigenvalue weighted by atomic mass is 9.95. The number of aromatic nitrogens is 1. The number of nitrogens with zero attached hydrogens (tertiary/aromatic N) is 2. The average Bonchev–Trinajstić information content (AvgIpc) is 3.47. The summed E-state index contributed by atoms with van der Waals surface area (Å²) in [5, 5.41) is 12.1. The quantitative estimate of drug-likeness (QED) is 0.407. The first-order chi connectivity index (χ1) is 15.9. The summed E-state index contributed by atoms with van der Waals surface area (Å²) in [5.41, 5.74) is 1.88. The van der Waals surface area contributed by atoms with Crippen molar-refractivity contribution in [2.24, 2.45) is 0 Å². The Labute approximate surface area is 193 Å². The summed E-state index contributed by atoms with van der Waals surface area (Å²) in [7, 11) is 1.54. The first kappa shape index (κ1) is 21.0. The summed E-state index contributed by atoms with van der Waals surface area (Å²) < 4.78 is 11.1. The van der Waals surface area contributed by atoms with Crippen molar-refractivity contribution >= 4 is 39.1 Å². The van der Waals surface area contributed by atoms with E-state index in [4.69, 9.17) is 9.15 Å². The number of aliphatic hydroxyl groups is 1. The van der Waals surface area contributed by atoms with E-state index in [1.165, 1.54) is 23.3 Å². The molecule has 2 aromatic carbocycles. The third kappa shape index (κ3) is 3.39. The number of ketones is 1. The van der Waals surface area contributed by atoms with Gasteiger partial charge >= 0.3 is 0 Å². The summed E-state index contributed by atoms with van der Waals surface area (Å²) in [6, 6.07) is 15.0. The number of methoxy groups -OCH3 is 1. The number of furan rings is 1. The minimum absolute atomic E-state index is 0.0480. The smallest absolute Gasteiger partial charge is 0.296 e. The number of ether oxygens (including phenoxy) is 1. The number of Topliss-reactive ketones (excluding diaryl/α,β-unsaturated/α-hetero) is 1. The molecule has 2 aromatic heterocycles. The number of rotatable bonds is 5. The minimum atomic E-state index is -0.890. The molecule has 0 saturated heterocycles. The number of aliphatic hydroxyl groups excluding tert-OH is 1. The van der Waals surface area contributed by atoms with Gasteiger partial charge in [-0.05, 0) is 43.7 Å². The molecule has 1 aliphatic rings. The standard InChI is InChI=1S/C25H20N2O5S/c1-13-14(2)33-25(26-13)27-21(16-8-6-9-17(11-16)31-3)20(23(29)24(27)30)22(28)19-12-15-7-4-5-10-18(15)32-19/h4-12,21,29H,1-3H3. The Morgan fingerprint density at radius 1 is 1.15 bits per heavy atom. The van der Waals surface area contributed by atoms with E-state index in [0.717, 1.165) is 16.0 Å². The van der Waals surface area contributed by atoms with E-state index in [1.807, 2.05) is 32.0 Å². The van der Waals surface area contributed by atoms with Gasteiger partial charge in [0, 0.05) is 10.3 Å². The molecule has 7 nitrogen and oxygen atoms in total. The number of anilines is 1. The number of benzene rings is 2. The Balaban J connectivity index is 1.68. The maximum atomic E-state index is 13.6. The average molecular weight is 461 g/mol. The van der Waals surface area contributed by atoms with Crippen LogP contribution in [0.3, 0.4) is 0 Å². The molecule has 0 spiro atoms. The van der Waals surface area contributed by atoms with Gasteiger partial charge in [0.05, 0.1) is 24.4 Å². The molecule has 0 radical (unpaired) electrons. The van der Waals surface area contributed by atoms with Gasteiger partial charge in [0.15, 0.2) is 16.7 Å². The zero-order valence-electron chi connectivity index (χ0n) is 18.2. The second-order valence-corrected chi connectivity index (χ2v) is 8.91. The molecule has 3 heterocycles. The number of hydrogen-bond donors (Lipinski definition) is 1. The monoisotopic (exact) mass is 460 g/mol. The Morgan fingerprint density at radius 3 is 2.64 bits per heavy atom. The molecule has 8 heteroatoms. The van der Waals surface area contributed by atoms with E-state index in [-0.39, 0.29) is 11.3 Å². The lowest BCUT2D eigenvalue weighted by Gasteiger charge is -2.24. The van der Waals surface area contributed by atoms with Crippen LogP contribution in [0.15, 0.2) is 70.3 Å². The molecule has 33 heavy (non-hydrogen) atoms. The molecule has 1 unspecified atom stereocenters. The van der Waals surface area contributed by atoms with Crippen molar-refractivity contribution in [3.05, 3.63) is 87.8 Å². The van der Waals surface area contributed by atoms with Crippen LogP contribution in [-0.4, -0.2) is 28.9 Å². The van der Waals surface area contributed by atoms with E-state index >= 15 is 0 Å². The summed E-state index contributed by atoms with van der Waals surface area (Å²) in [6.07, 6.45) is 0. The van der Waals surface area contributed by atoms with Gasteiger partial charge in [0.25, 0.3) is 5.91 Å². The molecule has 0 saturated carbocycles. The van der Waals surface area contributed by atoms with Crippen molar-refractivity contribution < 1.29 is 23.8 Å². The summed E-state index contributed by atoms with van der Waals surface area (Å²) in [6.45, 7) is 3.76. The largest absolute Gasteiger partial charge is 0.503 e. The molecule has 1 atom stereocenters. The van der Waals surface area contributed by atoms with Crippen molar-refractivity contribution in [2.75, 3.05) is 12.0 Å². The fourth-order valence-electron chi connectivity index (χ4n) is 3.95. The Bertz CT molecular complexity index is 1400.